The first-order chi connectivity index (χ1) is 6.43. The molecule has 13 heavy (non-hydrogen) atoms. The Hall–Kier alpha value is -0.670. The van der Waals surface area contributed by atoms with Crippen LogP contribution in [0.4, 0.5) is 0 Å². The van der Waals surface area contributed by atoms with Crippen molar-refractivity contribution in [3.05, 3.63) is 36.7 Å². The Morgan fingerprint density at radius 2 is 2.54 bits per heavy atom. The van der Waals surface area contributed by atoms with Gasteiger partial charge in [0.15, 0.2) is 0 Å². The third kappa shape index (κ3) is 4.80. The molecule has 0 spiro atoms. The maximum atomic E-state index is 3.67. The molecule has 0 saturated carbocycles. The highest BCUT2D eigenvalue weighted by Crippen LogP contribution is 1.98. The molecule has 1 aromatic rings. The largest absolute Gasteiger partial charge is 0.367 e. The molecule has 0 unspecified atom stereocenters. The minimum Gasteiger partial charge on any atom is -0.367 e. The maximum absolute atomic E-state index is 3.67. The van der Waals surface area contributed by atoms with Crippen molar-refractivity contribution in [2.75, 3.05) is 18.1 Å². The Morgan fingerprint density at radius 1 is 1.62 bits per heavy atom. The number of aromatic amines is 1. The summed E-state index contributed by atoms with van der Waals surface area (Å²) in [6.07, 6.45) is 5.91. The molecule has 0 atom stereocenters. The van der Waals surface area contributed by atoms with Gasteiger partial charge in [-0.1, -0.05) is 6.08 Å². The zero-order valence-corrected chi connectivity index (χ0v) is 8.57. The van der Waals surface area contributed by atoms with Crippen molar-refractivity contribution in [1.29, 1.82) is 0 Å². The molecular weight excluding hydrogens is 180 g/mol. The van der Waals surface area contributed by atoms with Crippen molar-refractivity contribution in [3.8, 4) is 0 Å². The van der Waals surface area contributed by atoms with Crippen molar-refractivity contribution >= 4 is 11.8 Å². The first kappa shape index (κ1) is 10.4. The van der Waals surface area contributed by atoms with Crippen LogP contribution < -0.4 is 5.32 Å². The van der Waals surface area contributed by atoms with Crippen LogP contribution in [0.15, 0.2) is 31.1 Å². The number of hydrogen-bond donors (Lipinski definition) is 2. The Balaban J connectivity index is 1.93. The van der Waals surface area contributed by atoms with Gasteiger partial charge in [0, 0.05) is 37.0 Å². The standard InChI is InChI=1S/C10H16N2S/c1-2-6-13-7-5-12-9-10-3-4-11-8-10/h2-4,8,11-12H,1,5-7,9H2. The zero-order valence-electron chi connectivity index (χ0n) is 7.75. The second-order valence-corrected chi connectivity index (χ2v) is 3.91. The van der Waals surface area contributed by atoms with Crippen LogP contribution in [0.2, 0.25) is 0 Å². The van der Waals surface area contributed by atoms with E-state index in [1.54, 1.807) is 0 Å². The molecule has 0 saturated heterocycles. The van der Waals surface area contributed by atoms with E-state index >= 15 is 0 Å². The van der Waals surface area contributed by atoms with Gasteiger partial charge in [0.05, 0.1) is 0 Å². The number of aromatic nitrogens is 1. The fourth-order valence-electron chi connectivity index (χ4n) is 1.01. The smallest absolute Gasteiger partial charge is 0.0220 e. The first-order valence-corrected chi connectivity index (χ1v) is 5.60. The lowest BCUT2D eigenvalue weighted by molar-refractivity contribution is 0.733. The van der Waals surface area contributed by atoms with E-state index in [2.05, 4.69) is 22.9 Å². The van der Waals surface area contributed by atoms with Crippen LogP contribution in [0.25, 0.3) is 0 Å². The number of nitrogens with one attached hydrogen (secondary N) is 2. The van der Waals surface area contributed by atoms with Gasteiger partial charge in [0.25, 0.3) is 0 Å². The van der Waals surface area contributed by atoms with E-state index in [1.165, 1.54) is 5.56 Å². The molecule has 0 aromatic carbocycles. The van der Waals surface area contributed by atoms with Gasteiger partial charge in [-0.25, -0.2) is 0 Å². The van der Waals surface area contributed by atoms with Gasteiger partial charge in [0.1, 0.15) is 0 Å². The second-order valence-electron chi connectivity index (χ2n) is 2.76. The van der Waals surface area contributed by atoms with E-state index < -0.39 is 0 Å². The lowest BCUT2D eigenvalue weighted by Gasteiger charge is -2.01. The predicted octanol–water partition coefficient (Wildman–Crippen LogP) is 2.02. The summed E-state index contributed by atoms with van der Waals surface area (Å²) < 4.78 is 0. The lowest BCUT2D eigenvalue weighted by Crippen LogP contribution is -2.16. The summed E-state index contributed by atoms with van der Waals surface area (Å²) in [5, 5.41) is 3.37. The van der Waals surface area contributed by atoms with E-state index in [-0.39, 0.29) is 0 Å². The fourth-order valence-corrected chi connectivity index (χ4v) is 1.63. The Kier molecular flexibility index (Phi) is 5.45. The molecule has 2 N–H and O–H groups in total. The van der Waals surface area contributed by atoms with Gasteiger partial charge in [-0.15, -0.1) is 6.58 Å². The molecule has 0 fully saturated rings. The van der Waals surface area contributed by atoms with Gasteiger partial charge in [-0.2, -0.15) is 11.8 Å². The molecule has 1 heterocycles. The SMILES string of the molecule is C=CCSCCNCc1cc[nH]c1. The van der Waals surface area contributed by atoms with Gasteiger partial charge < -0.3 is 10.3 Å². The molecule has 0 aliphatic heterocycles. The Morgan fingerprint density at radius 3 is 3.23 bits per heavy atom. The summed E-state index contributed by atoms with van der Waals surface area (Å²) in [4.78, 5) is 3.03. The van der Waals surface area contributed by atoms with Crippen molar-refractivity contribution in [1.82, 2.24) is 10.3 Å². The van der Waals surface area contributed by atoms with E-state index in [0.29, 0.717) is 0 Å². The highest BCUT2D eigenvalue weighted by molar-refractivity contribution is 7.99. The van der Waals surface area contributed by atoms with Crippen LogP contribution in [0.1, 0.15) is 5.56 Å². The summed E-state index contributed by atoms with van der Waals surface area (Å²) >= 11 is 1.90. The molecule has 0 amide bonds. The van der Waals surface area contributed by atoms with Crippen molar-refractivity contribution in [3.63, 3.8) is 0 Å². The summed E-state index contributed by atoms with van der Waals surface area (Å²) in [5.41, 5.74) is 1.31. The summed E-state index contributed by atoms with van der Waals surface area (Å²) in [7, 11) is 0. The van der Waals surface area contributed by atoms with Crippen LogP contribution in [-0.2, 0) is 6.54 Å². The molecule has 0 aliphatic carbocycles. The molecule has 72 valence electrons. The highest BCUT2D eigenvalue weighted by atomic mass is 32.2. The Labute approximate surface area is 83.8 Å². The third-order valence-electron chi connectivity index (χ3n) is 1.65. The van der Waals surface area contributed by atoms with Gasteiger partial charge in [0.2, 0.25) is 0 Å². The van der Waals surface area contributed by atoms with Crippen LogP contribution >= 0.6 is 11.8 Å². The highest BCUT2D eigenvalue weighted by Gasteiger charge is 1.91. The quantitative estimate of drug-likeness (QED) is 0.516. The minimum atomic E-state index is 0.956. The minimum absolute atomic E-state index is 0.956. The van der Waals surface area contributed by atoms with Gasteiger partial charge in [-0.3, -0.25) is 0 Å². The van der Waals surface area contributed by atoms with E-state index in [0.717, 1.165) is 24.6 Å². The molecular formula is C10H16N2S. The zero-order chi connectivity index (χ0) is 9.36. The maximum Gasteiger partial charge on any atom is 0.0220 e. The van der Waals surface area contributed by atoms with Crippen LogP contribution in [0.5, 0.6) is 0 Å². The van der Waals surface area contributed by atoms with E-state index in [4.69, 9.17) is 0 Å². The predicted molar refractivity (Wildman–Crippen MR) is 60.0 cm³/mol. The normalized spacial score (nSPS) is 10.2. The Bertz CT molecular complexity index is 219. The van der Waals surface area contributed by atoms with Gasteiger partial charge >= 0.3 is 0 Å². The molecule has 1 rings (SSSR count). The van der Waals surface area contributed by atoms with Crippen LogP contribution in [-0.4, -0.2) is 23.0 Å². The molecule has 2 nitrogen and oxygen atoms in total. The fraction of sp³-hybridized carbons (Fsp3) is 0.400. The summed E-state index contributed by atoms with van der Waals surface area (Å²) in [6.45, 7) is 5.69. The van der Waals surface area contributed by atoms with Crippen LogP contribution in [0.3, 0.4) is 0 Å². The molecule has 3 heteroatoms. The molecule has 1 aromatic heterocycles. The van der Waals surface area contributed by atoms with Gasteiger partial charge in [-0.05, 0) is 11.6 Å². The summed E-state index contributed by atoms with van der Waals surface area (Å²) in [5.74, 6) is 2.20. The monoisotopic (exact) mass is 196 g/mol. The molecule has 0 bridgehead atoms. The number of H-pyrrole nitrogens is 1. The van der Waals surface area contributed by atoms with Crippen molar-refractivity contribution in [2.24, 2.45) is 0 Å². The average Bonchev–Trinajstić information content (AvgIpc) is 2.63. The van der Waals surface area contributed by atoms with E-state index in [1.807, 2.05) is 30.2 Å². The topological polar surface area (TPSA) is 27.8 Å². The van der Waals surface area contributed by atoms with E-state index in [9.17, 15) is 0 Å². The third-order valence-corrected chi connectivity index (χ3v) is 2.61. The molecule has 0 aliphatic rings. The molecule has 0 radical (unpaired) electrons. The number of hydrogen-bond acceptors (Lipinski definition) is 2. The number of rotatable bonds is 7. The summed E-state index contributed by atoms with van der Waals surface area (Å²) in [6, 6.07) is 2.09. The second kappa shape index (κ2) is 6.80. The van der Waals surface area contributed by atoms with Crippen LogP contribution in [0, 0.1) is 0 Å². The van der Waals surface area contributed by atoms with Crippen molar-refractivity contribution < 1.29 is 0 Å². The first-order valence-electron chi connectivity index (χ1n) is 4.44. The lowest BCUT2D eigenvalue weighted by atomic mass is 10.3. The average molecular weight is 196 g/mol. The van der Waals surface area contributed by atoms with Crippen molar-refractivity contribution in [2.45, 2.75) is 6.54 Å². The number of thioether (sulfide) groups is 1.